The summed E-state index contributed by atoms with van der Waals surface area (Å²) in [5.74, 6) is 0.0797. The van der Waals surface area contributed by atoms with Crippen LogP contribution in [-0.4, -0.2) is 38.6 Å². The Morgan fingerprint density at radius 2 is 2.21 bits per heavy atom. The SMILES string of the molecule is CS(=O)(=O)NCCc1ccc(C(=O)N2CCC[C@H]2c2ccsc2)s1. The van der Waals surface area contributed by atoms with E-state index in [9.17, 15) is 13.2 Å². The van der Waals surface area contributed by atoms with E-state index in [1.54, 1.807) is 11.3 Å². The van der Waals surface area contributed by atoms with Gasteiger partial charge in [0.05, 0.1) is 17.2 Å². The van der Waals surface area contributed by atoms with E-state index in [0.717, 1.165) is 35.4 Å². The number of nitrogens with one attached hydrogen (secondary N) is 1. The predicted molar refractivity (Wildman–Crippen MR) is 98.2 cm³/mol. The van der Waals surface area contributed by atoms with Gasteiger partial charge in [-0.2, -0.15) is 11.3 Å². The summed E-state index contributed by atoms with van der Waals surface area (Å²) in [4.78, 5) is 16.5. The Hall–Kier alpha value is -1.22. The predicted octanol–water partition coefficient (Wildman–Crippen LogP) is 2.88. The van der Waals surface area contributed by atoms with E-state index >= 15 is 0 Å². The van der Waals surface area contributed by atoms with Crippen LogP contribution in [0.15, 0.2) is 29.0 Å². The molecule has 5 nitrogen and oxygen atoms in total. The third-order valence-corrected chi connectivity index (χ3v) is 6.61. The van der Waals surface area contributed by atoms with Gasteiger partial charge in [0.15, 0.2) is 0 Å². The maximum absolute atomic E-state index is 12.8. The number of thiophene rings is 2. The van der Waals surface area contributed by atoms with E-state index in [4.69, 9.17) is 0 Å². The number of likely N-dealkylation sites (tertiary alicyclic amines) is 1. The number of rotatable bonds is 6. The molecule has 1 aliphatic heterocycles. The van der Waals surface area contributed by atoms with Crippen molar-refractivity contribution in [2.75, 3.05) is 19.3 Å². The fourth-order valence-corrected chi connectivity index (χ4v) is 5.09. The van der Waals surface area contributed by atoms with Crippen LogP contribution in [-0.2, 0) is 16.4 Å². The van der Waals surface area contributed by atoms with E-state index in [2.05, 4.69) is 16.2 Å². The molecule has 3 rings (SSSR count). The molecule has 8 heteroatoms. The lowest BCUT2D eigenvalue weighted by Gasteiger charge is -2.23. The molecule has 0 radical (unpaired) electrons. The number of sulfonamides is 1. The van der Waals surface area contributed by atoms with Crippen LogP contribution in [0.3, 0.4) is 0 Å². The van der Waals surface area contributed by atoms with Crippen molar-refractivity contribution in [3.05, 3.63) is 44.3 Å². The molecule has 24 heavy (non-hydrogen) atoms. The summed E-state index contributed by atoms with van der Waals surface area (Å²) in [5.41, 5.74) is 1.22. The molecule has 130 valence electrons. The van der Waals surface area contributed by atoms with E-state index < -0.39 is 10.0 Å². The minimum absolute atomic E-state index is 0.0797. The van der Waals surface area contributed by atoms with Gasteiger partial charge in [0.2, 0.25) is 10.0 Å². The third-order valence-electron chi connectivity index (χ3n) is 4.05. The van der Waals surface area contributed by atoms with Crippen LogP contribution >= 0.6 is 22.7 Å². The molecule has 3 heterocycles. The van der Waals surface area contributed by atoms with Crippen LogP contribution in [0.4, 0.5) is 0 Å². The number of carbonyl (C=O) groups is 1. The molecule has 0 bridgehead atoms. The zero-order chi connectivity index (χ0) is 17.2. The first kappa shape index (κ1) is 17.6. The summed E-state index contributed by atoms with van der Waals surface area (Å²) in [6.07, 6.45) is 3.79. The van der Waals surface area contributed by atoms with E-state index in [-0.39, 0.29) is 11.9 Å². The molecule has 1 saturated heterocycles. The monoisotopic (exact) mass is 384 g/mol. The quantitative estimate of drug-likeness (QED) is 0.833. The maximum atomic E-state index is 12.8. The Morgan fingerprint density at radius 1 is 1.38 bits per heavy atom. The van der Waals surface area contributed by atoms with Gasteiger partial charge in [-0.25, -0.2) is 13.1 Å². The van der Waals surface area contributed by atoms with E-state index in [1.807, 2.05) is 22.4 Å². The second kappa shape index (κ2) is 7.35. The third kappa shape index (κ3) is 4.24. The fourth-order valence-electron chi connectivity index (χ4n) is 2.95. The van der Waals surface area contributed by atoms with Crippen LogP contribution in [0.2, 0.25) is 0 Å². The number of nitrogens with zero attached hydrogens (tertiary/aromatic N) is 1. The van der Waals surface area contributed by atoms with Crippen molar-refractivity contribution in [1.82, 2.24) is 9.62 Å². The molecule has 0 unspecified atom stereocenters. The first-order chi connectivity index (χ1) is 11.4. The van der Waals surface area contributed by atoms with Crippen molar-refractivity contribution < 1.29 is 13.2 Å². The topological polar surface area (TPSA) is 66.5 Å². The van der Waals surface area contributed by atoms with Crippen LogP contribution in [0, 0.1) is 0 Å². The minimum atomic E-state index is -3.17. The van der Waals surface area contributed by atoms with Crippen LogP contribution in [0.5, 0.6) is 0 Å². The van der Waals surface area contributed by atoms with Gasteiger partial charge in [-0.1, -0.05) is 0 Å². The lowest BCUT2D eigenvalue weighted by Crippen LogP contribution is -2.29. The molecule has 0 aliphatic carbocycles. The summed E-state index contributed by atoms with van der Waals surface area (Å²) < 4.78 is 24.7. The molecular formula is C16H20N2O3S3. The molecule has 0 spiro atoms. The second-order valence-electron chi connectivity index (χ2n) is 5.90. The van der Waals surface area contributed by atoms with Crippen molar-refractivity contribution in [2.24, 2.45) is 0 Å². The first-order valence-electron chi connectivity index (χ1n) is 7.80. The summed E-state index contributed by atoms with van der Waals surface area (Å²) in [6, 6.07) is 6.04. The molecule has 2 aromatic rings. The average Bonchev–Trinajstić information content (AvgIpc) is 3.25. The molecule has 2 aromatic heterocycles. The van der Waals surface area contributed by atoms with E-state index in [1.165, 1.54) is 16.9 Å². The maximum Gasteiger partial charge on any atom is 0.264 e. The Bertz CT molecular complexity index is 796. The molecule has 0 saturated carbocycles. The molecule has 1 N–H and O–H groups in total. The highest BCUT2D eigenvalue weighted by atomic mass is 32.2. The van der Waals surface area contributed by atoms with Gasteiger partial charge in [-0.3, -0.25) is 4.79 Å². The van der Waals surface area contributed by atoms with Gasteiger partial charge in [0.1, 0.15) is 0 Å². The van der Waals surface area contributed by atoms with Gasteiger partial charge >= 0.3 is 0 Å². The second-order valence-corrected chi connectivity index (χ2v) is 9.68. The molecule has 1 amide bonds. The molecular weight excluding hydrogens is 364 g/mol. The van der Waals surface area contributed by atoms with E-state index in [0.29, 0.717) is 13.0 Å². The van der Waals surface area contributed by atoms with Crippen LogP contribution < -0.4 is 4.72 Å². The Morgan fingerprint density at radius 3 is 2.92 bits per heavy atom. The standard InChI is InChI=1S/C16H20N2O3S3/c1-24(20,21)17-8-6-13-4-5-15(23-13)16(19)18-9-2-3-14(18)12-7-10-22-11-12/h4-5,7,10-11,14,17H,2-3,6,8-9H2,1H3/t14-/m0/s1. The average molecular weight is 385 g/mol. The summed E-state index contributed by atoms with van der Waals surface area (Å²) in [7, 11) is -3.17. The number of amides is 1. The van der Waals surface area contributed by atoms with Crippen LogP contribution in [0.1, 0.15) is 39.0 Å². The number of hydrogen-bond acceptors (Lipinski definition) is 5. The lowest BCUT2D eigenvalue weighted by molar-refractivity contribution is 0.0741. The van der Waals surface area contributed by atoms with Crippen molar-refractivity contribution in [3.8, 4) is 0 Å². The van der Waals surface area contributed by atoms with Crippen molar-refractivity contribution in [1.29, 1.82) is 0 Å². The zero-order valence-corrected chi connectivity index (χ0v) is 15.8. The largest absolute Gasteiger partial charge is 0.331 e. The van der Waals surface area contributed by atoms with Crippen molar-refractivity contribution in [3.63, 3.8) is 0 Å². The van der Waals surface area contributed by atoms with Crippen molar-refractivity contribution >= 4 is 38.6 Å². The smallest absolute Gasteiger partial charge is 0.264 e. The highest BCUT2D eigenvalue weighted by molar-refractivity contribution is 7.88. The van der Waals surface area contributed by atoms with Gasteiger partial charge in [-0.15, -0.1) is 11.3 Å². The zero-order valence-electron chi connectivity index (χ0n) is 13.4. The Balaban J connectivity index is 1.65. The fraction of sp³-hybridized carbons (Fsp3) is 0.438. The highest BCUT2D eigenvalue weighted by Crippen LogP contribution is 2.35. The van der Waals surface area contributed by atoms with Crippen LogP contribution in [0.25, 0.3) is 0 Å². The van der Waals surface area contributed by atoms with Gasteiger partial charge in [-0.05, 0) is 53.8 Å². The first-order valence-corrected chi connectivity index (χ1v) is 11.5. The Kier molecular flexibility index (Phi) is 5.39. The van der Waals surface area contributed by atoms with Gasteiger partial charge in [0, 0.05) is 18.0 Å². The Labute approximate surface area is 150 Å². The molecule has 1 aliphatic rings. The molecule has 1 atom stereocenters. The summed E-state index contributed by atoms with van der Waals surface area (Å²) >= 11 is 3.11. The summed E-state index contributed by atoms with van der Waals surface area (Å²) in [6.45, 7) is 1.15. The molecule has 0 aromatic carbocycles. The number of carbonyl (C=O) groups excluding carboxylic acids is 1. The van der Waals surface area contributed by atoms with Gasteiger partial charge in [0.25, 0.3) is 5.91 Å². The minimum Gasteiger partial charge on any atom is -0.331 e. The van der Waals surface area contributed by atoms with Gasteiger partial charge < -0.3 is 4.90 Å². The lowest BCUT2D eigenvalue weighted by atomic mass is 10.1. The molecule has 1 fully saturated rings. The summed E-state index contributed by atoms with van der Waals surface area (Å²) in [5, 5.41) is 4.17. The highest BCUT2D eigenvalue weighted by Gasteiger charge is 2.31. The van der Waals surface area contributed by atoms with Crippen molar-refractivity contribution in [2.45, 2.75) is 25.3 Å². The number of hydrogen-bond donors (Lipinski definition) is 1. The normalized spacial score (nSPS) is 18.2.